The number of benzene rings is 1. The lowest BCUT2D eigenvalue weighted by Crippen LogP contribution is -2.34. The summed E-state index contributed by atoms with van der Waals surface area (Å²) in [5.41, 5.74) is 2.16. The lowest BCUT2D eigenvalue weighted by molar-refractivity contribution is 0.0875. The Bertz CT molecular complexity index is 700. The summed E-state index contributed by atoms with van der Waals surface area (Å²) in [6.07, 6.45) is 4.91. The molecule has 1 saturated heterocycles. The first-order valence-electron chi connectivity index (χ1n) is 8.20. The minimum absolute atomic E-state index is 0.0607. The second-order valence-electron chi connectivity index (χ2n) is 6.45. The zero-order valence-electron chi connectivity index (χ0n) is 14.1. The van der Waals surface area contributed by atoms with E-state index in [2.05, 4.69) is 24.3 Å². The van der Waals surface area contributed by atoms with E-state index in [-0.39, 0.29) is 11.9 Å². The van der Waals surface area contributed by atoms with Gasteiger partial charge in [-0.1, -0.05) is 0 Å². The van der Waals surface area contributed by atoms with E-state index in [1.807, 2.05) is 29.0 Å². The summed E-state index contributed by atoms with van der Waals surface area (Å²) in [6.45, 7) is 1.88. The van der Waals surface area contributed by atoms with Crippen molar-refractivity contribution in [2.45, 2.75) is 25.3 Å². The zero-order chi connectivity index (χ0) is 16.4. The monoisotopic (exact) mass is 315 g/mol. The molecule has 0 spiro atoms. The molecule has 0 saturated carbocycles. The average molecular weight is 315 g/mol. The standard InChI is InChI=1S/C18H25N3O2/c1-20(2)10-8-13-12-21(18(22)16-5-4-9-19-16)17-7-6-14(23-3)11-15(13)17/h6-7,11-12,16,19H,4-5,8-10H2,1-3H3. The van der Waals surface area contributed by atoms with Crippen molar-refractivity contribution in [1.82, 2.24) is 14.8 Å². The van der Waals surface area contributed by atoms with Gasteiger partial charge >= 0.3 is 0 Å². The van der Waals surface area contributed by atoms with Gasteiger partial charge in [0.2, 0.25) is 5.91 Å². The van der Waals surface area contributed by atoms with Gasteiger partial charge in [0.1, 0.15) is 5.75 Å². The second kappa shape index (κ2) is 6.72. The molecule has 3 rings (SSSR count). The summed E-state index contributed by atoms with van der Waals surface area (Å²) in [7, 11) is 5.80. The quantitative estimate of drug-likeness (QED) is 0.918. The van der Waals surface area contributed by atoms with Crippen LogP contribution in [0.2, 0.25) is 0 Å². The molecular formula is C18H25N3O2. The lowest BCUT2D eigenvalue weighted by Gasteiger charge is -2.11. The fourth-order valence-corrected chi connectivity index (χ4v) is 3.19. The molecule has 0 bridgehead atoms. The van der Waals surface area contributed by atoms with Crippen LogP contribution in [0.25, 0.3) is 10.9 Å². The van der Waals surface area contributed by atoms with E-state index >= 15 is 0 Å². The minimum Gasteiger partial charge on any atom is -0.497 e. The molecule has 0 aliphatic carbocycles. The maximum atomic E-state index is 12.8. The van der Waals surface area contributed by atoms with Crippen molar-refractivity contribution in [3.05, 3.63) is 30.0 Å². The Hall–Kier alpha value is -1.85. The fraction of sp³-hybridized carbons (Fsp3) is 0.500. The van der Waals surface area contributed by atoms with Crippen molar-refractivity contribution in [3.8, 4) is 5.75 Å². The van der Waals surface area contributed by atoms with Gasteiger partial charge in [-0.05, 0) is 63.7 Å². The number of methoxy groups -OCH3 is 1. The maximum Gasteiger partial charge on any atom is 0.248 e. The van der Waals surface area contributed by atoms with E-state index in [9.17, 15) is 4.79 Å². The number of hydrogen-bond acceptors (Lipinski definition) is 4. The van der Waals surface area contributed by atoms with Gasteiger partial charge < -0.3 is 15.0 Å². The van der Waals surface area contributed by atoms with Crippen molar-refractivity contribution >= 4 is 16.8 Å². The highest BCUT2D eigenvalue weighted by Crippen LogP contribution is 2.27. The summed E-state index contributed by atoms with van der Waals surface area (Å²) >= 11 is 0. The highest BCUT2D eigenvalue weighted by Gasteiger charge is 2.25. The van der Waals surface area contributed by atoms with E-state index in [1.165, 1.54) is 5.56 Å². The lowest BCUT2D eigenvalue weighted by atomic mass is 10.1. The molecule has 1 N–H and O–H groups in total. The number of ether oxygens (including phenoxy) is 1. The van der Waals surface area contributed by atoms with Crippen LogP contribution >= 0.6 is 0 Å². The summed E-state index contributed by atoms with van der Waals surface area (Å²) in [6, 6.07) is 5.88. The Labute approximate surface area is 137 Å². The summed E-state index contributed by atoms with van der Waals surface area (Å²) < 4.78 is 7.18. The van der Waals surface area contributed by atoms with Crippen LogP contribution in [-0.2, 0) is 6.42 Å². The SMILES string of the molecule is COc1ccc2c(c1)c(CCN(C)C)cn2C(=O)C1CCCN1. The van der Waals surface area contributed by atoms with Crippen LogP contribution in [0.3, 0.4) is 0 Å². The van der Waals surface area contributed by atoms with Crippen LogP contribution in [0.1, 0.15) is 23.2 Å². The topological polar surface area (TPSA) is 46.5 Å². The number of carbonyl (C=O) groups is 1. The minimum atomic E-state index is -0.0607. The van der Waals surface area contributed by atoms with E-state index in [0.717, 1.165) is 49.0 Å². The largest absolute Gasteiger partial charge is 0.497 e. The molecule has 1 aromatic heterocycles. The number of nitrogens with zero attached hydrogens (tertiary/aromatic N) is 2. The first kappa shape index (κ1) is 16.0. The first-order valence-corrected chi connectivity index (χ1v) is 8.20. The second-order valence-corrected chi connectivity index (χ2v) is 6.45. The Balaban J connectivity index is 2.01. The van der Waals surface area contributed by atoms with Crippen LogP contribution in [0, 0.1) is 0 Å². The Morgan fingerprint density at radius 1 is 1.43 bits per heavy atom. The molecule has 1 atom stereocenters. The third-order valence-corrected chi connectivity index (χ3v) is 4.52. The molecular weight excluding hydrogens is 290 g/mol. The van der Waals surface area contributed by atoms with Crippen molar-refractivity contribution in [2.24, 2.45) is 0 Å². The molecule has 2 aromatic rings. The maximum absolute atomic E-state index is 12.8. The Kier molecular flexibility index (Phi) is 4.68. The first-order chi connectivity index (χ1) is 11.1. The third-order valence-electron chi connectivity index (χ3n) is 4.52. The van der Waals surface area contributed by atoms with Gasteiger partial charge in [-0.3, -0.25) is 9.36 Å². The van der Waals surface area contributed by atoms with Crippen LogP contribution in [0.4, 0.5) is 0 Å². The summed E-state index contributed by atoms with van der Waals surface area (Å²) in [4.78, 5) is 15.0. The number of aromatic nitrogens is 1. The van der Waals surface area contributed by atoms with Crippen LogP contribution < -0.4 is 10.1 Å². The zero-order valence-corrected chi connectivity index (χ0v) is 14.1. The number of likely N-dealkylation sites (N-methyl/N-ethyl adjacent to an activating group) is 1. The van der Waals surface area contributed by atoms with Gasteiger partial charge in [0, 0.05) is 18.1 Å². The number of nitrogens with one attached hydrogen (secondary N) is 1. The highest BCUT2D eigenvalue weighted by molar-refractivity contribution is 5.97. The molecule has 23 heavy (non-hydrogen) atoms. The molecule has 5 heteroatoms. The van der Waals surface area contributed by atoms with Crippen molar-refractivity contribution < 1.29 is 9.53 Å². The van der Waals surface area contributed by atoms with Crippen molar-refractivity contribution in [3.63, 3.8) is 0 Å². The number of rotatable bonds is 5. The molecule has 2 heterocycles. The van der Waals surface area contributed by atoms with E-state index < -0.39 is 0 Å². The highest BCUT2D eigenvalue weighted by atomic mass is 16.5. The fourth-order valence-electron chi connectivity index (χ4n) is 3.19. The van der Waals surface area contributed by atoms with Gasteiger partial charge in [0.25, 0.3) is 0 Å². The van der Waals surface area contributed by atoms with E-state index in [0.29, 0.717) is 0 Å². The molecule has 124 valence electrons. The smallest absolute Gasteiger partial charge is 0.248 e. The molecule has 1 aliphatic heterocycles. The van der Waals surface area contributed by atoms with Crippen molar-refractivity contribution in [2.75, 3.05) is 34.3 Å². The molecule has 0 amide bonds. The van der Waals surface area contributed by atoms with Gasteiger partial charge in [0.15, 0.2) is 0 Å². The summed E-state index contributed by atoms with van der Waals surface area (Å²) in [5, 5.41) is 4.41. The number of fused-ring (bicyclic) bond motifs is 1. The molecule has 1 aliphatic rings. The van der Waals surface area contributed by atoms with Crippen molar-refractivity contribution in [1.29, 1.82) is 0 Å². The molecule has 1 aromatic carbocycles. The van der Waals surface area contributed by atoms with Gasteiger partial charge in [0.05, 0.1) is 18.7 Å². The van der Waals surface area contributed by atoms with Gasteiger partial charge in [-0.15, -0.1) is 0 Å². The van der Waals surface area contributed by atoms with Gasteiger partial charge in [-0.25, -0.2) is 0 Å². The van der Waals surface area contributed by atoms with Gasteiger partial charge in [-0.2, -0.15) is 0 Å². The summed E-state index contributed by atoms with van der Waals surface area (Å²) in [5.74, 6) is 0.974. The Morgan fingerprint density at radius 3 is 2.91 bits per heavy atom. The molecule has 1 fully saturated rings. The number of hydrogen-bond donors (Lipinski definition) is 1. The third kappa shape index (κ3) is 3.26. The number of carbonyl (C=O) groups excluding carboxylic acids is 1. The Morgan fingerprint density at radius 2 is 2.26 bits per heavy atom. The predicted octanol–water partition coefficient (Wildman–Crippen LogP) is 2.15. The van der Waals surface area contributed by atoms with E-state index in [4.69, 9.17) is 4.74 Å². The molecule has 1 unspecified atom stereocenters. The van der Waals surface area contributed by atoms with E-state index in [1.54, 1.807) is 7.11 Å². The molecule has 5 nitrogen and oxygen atoms in total. The average Bonchev–Trinajstić information content (AvgIpc) is 3.19. The van der Waals surface area contributed by atoms with Crippen LogP contribution in [0.15, 0.2) is 24.4 Å². The molecule has 0 radical (unpaired) electrons. The predicted molar refractivity (Wildman–Crippen MR) is 92.4 cm³/mol. The van der Waals surface area contributed by atoms with Crippen LogP contribution in [-0.4, -0.2) is 55.7 Å². The van der Waals surface area contributed by atoms with Crippen LogP contribution in [0.5, 0.6) is 5.75 Å². The normalized spacial score (nSPS) is 18.0.